The monoisotopic (exact) mass is 747 g/mol. The van der Waals surface area contributed by atoms with Gasteiger partial charge in [0.05, 0.1) is 23.7 Å². The molecule has 2 amide bonds. The third kappa shape index (κ3) is 13.8. The number of rotatable bonds is 22. The number of nitrogens with zero attached hydrogens (tertiary/aromatic N) is 2. The highest BCUT2D eigenvalue weighted by molar-refractivity contribution is 14.1. The minimum Gasteiger partial charge on any atom is -0.481 e. The van der Waals surface area contributed by atoms with Gasteiger partial charge in [-0.05, 0) is 72.1 Å². The van der Waals surface area contributed by atoms with Crippen molar-refractivity contribution in [3.8, 4) is 0 Å². The van der Waals surface area contributed by atoms with E-state index in [2.05, 4.69) is 10.6 Å². The largest absolute Gasteiger partial charge is 0.496 e. The molecular weight excluding hydrogens is 697 g/mol. The first-order chi connectivity index (χ1) is 19.3. The summed E-state index contributed by atoms with van der Waals surface area (Å²) in [4.78, 5) is 88.6. The molecule has 243 valence electrons. The lowest BCUT2D eigenvalue weighted by Gasteiger charge is -2.42. The molecule has 0 rings (SSSR count). The zero-order valence-electron chi connectivity index (χ0n) is 25.8. The molecule has 7 N–H and O–H groups in total. The lowest BCUT2D eigenvalue weighted by atomic mass is 9.73. The lowest BCUT2D eigenvalue weighted by molar-refractivity contribution is -0.150. The van der Waals surface area contributed by atoms with Gasteiger partial charge in [0.2, 0.25) is 16.7 Å². The van der Waals surface area contributed by atoms with E-state index in [1.54, 1.807) is 11.8 Å². The zero-order chi connectivity index (χ0) is 32.8. The lowest BCUT2D eigenvalue weighted by Crippen LogP contribution is -2.54. The summed E-state index contributed by atoms with van der Waals surface area (Å²) in [6, 6.07) is 0. The molecule has 17 heteroatoms. The molecule has 1 radical (unpaired) electrons. The highest BCUT2D eigenvalue weighted by Crippen LogP contribution is 2.49. The average Bonchev–Trinajstić information content (AvgIpc) is 2.85. The van der Waals surface area contributed by atoms with E-state index in [9.17, 15) is 43.8 Å². The van der Waals surface area contributed by atoms with Gasteiger partial charge in [-0.2, -0.15) is 22.4 Å². The Labute approximate surface area is 266 Å². The smallest absolute Gasteiger partial charge is 0.481 e. The van der Waals surface area contributed by atoms with Crippen LogP contribution in [0.1, 0.15) is 46.5 Å². The number of carboxylic acid groups (broad SMARTS) is 2. The van der Waals surface area contributed by atoms with E-state index in [0.717, 1.165) is 0 Å². The predicted molar refractivity (Wildman–Crippen MR) is 175 cm³/mol. The van der Waals surface area contributed by atoms with Gasteiger partial charge in [-0.1, -0.05) is 20.8 Å². The van der Waals surface area contributed by atoms with Crippen LogP contribution in [0, 0.1) is 23.7 Å². The highest BCUT2D eigenvalue weighted by atomic mass is 127. The van der Waals surface area contributed by atoms with Crippen LogP contribution in [0.4, 0.5) is 0 Å². The molecule has 0 aliphatic carbocycles. The molecule has 0 saturated heterocycles. The second-order valence-corrected chi connectivity index (χ2v) is 17.2. The summed E-state index contributed by atoms with van der Waals surface area (Å²) in [6.45, 7) is 6.38. The first-order valence-corrected chi connectivity index (χ1v) is 18.2. The van der Waals surface area contributed by atoms with Gasteiger partial charge in [0, 0.05) is 18.6 Å². The molecule has 0 saturated carbocycles. The summed E-state index contributed by atoms with van der Waals surface area (Å²) in [7, 11) is 2.30. The number of hydrogen-bond acceptors (Lipinski definition) is 9. The zero-order valence-corrected chi connectivity index (χ0v) is 29.9. The number of carbonyl (C=O) groups excluding carboxylic acids is 2. The molecule has 0 aliphatic heterocycles. The Morgan fingerprint density at radius 3 is 1.76 bits per heavy atom. The van der Waals surface area contributed by atoms with Crippen molar-refractivity contribution >= 4 is 68.2 Å². The van der Waals surface area contributed by atoms with E-state index in [-0.39, 0.29) is 27.8 Å². The molecular formula is C25H50BIN4O9PSi. The van der Waals surface area contributed by atoms with Crippen LogP contribution in [-0.4, -0.2) is 131 Å². The molecule has 0 aromatic heterocycles. The molecule has 0 spiro atoms. The Morgan fingerprint density at radius 2 is 1.40 bits per heavy atom. The van der Waals surface area contributed by atoms with Crippen LogP contribution < -0.4 is 10.6 Å². The Hall–Kier alpha value is -0.878. The van der Waals surface area contributed by atoms with E-state index in [1.807, 2.05) is 60.4 Å². The van der Waals surface area contributed by atoms with E-state index in [0.29, 0.717) is 32.5 Å². The van der Waals surface area contributed by atoms with Crippen LogP contribution in [0.3, 0.4) is 0 Å². The third-order valence-electron chi connectivity index (χ3n) is 7.47. The maximum absolute atomic E-state index is 13.5. The molecule has 7 atom stereocenters. The van der Waals surface area contributed by atoms with Crippen molar-refractivity contribution < 1.29 is 43.8 Å². The van der Waals surface area contributed by atoms with Gasteiger partial charge in [-0.25, -0.2) is 0 Å². The van der Waals surface area contributed by atoms with Gasteiger partial charge in [-0.3, -0.25) is 19.2 Å². The Balaban J connectivity index is 6.67. The standard InChI is InChI=1S/C25H50BIN4O9PSi/c1-8-18(42(38,39)40)19(21(32)28-11-9-13-30(4)5)17(24(36)37)15-25(3,41-26-27)20(16(2)23(34)35)22(33)29-12-10-14-31(6)7/h16-20,38-41H,8-15H2,1-7H3,(H,28,32)(H,29,33)(H,34,35)(H,36,37). The van der Waals surface area contributed by atoms with Gasteiger partial charge in [0.1, 0.15) is 0 Å². The van der Waals surface area contributed by atoms with Crippen LogP contribution in [0.2, 0.25) is 5.54 Å². The summed E-state index contributed by atoms with van der Waals surface area (Å²) in [5.41, 5.74) is -1.45. The number of carboxylic acids is 2. The van der Waals surface area contributed by atoms with E-state index in [1.165, 1.54) is 13.8 Å². The Morgan fingerprint density at radius 1 is 0.929 bits per heavy atom. The van der Waals surface area contributed by atoms with Crippen LogP contribution >= 0.6 is 30.8 Å². The van der Waals surface area contributed by atoms with Gasteiger partial charge in [0.25, 0.3) is 0 Å². The predicted octanol–water partition coefficient (Wildman–Crippen LogP) is 0.269. The molecule has 0 bridgehead atoms. The molecule has 42 heavy (non-hydrogen) atoms. The Kier molecular flexibility index (Phi) is 19.1. The SMILES string of the molecule is CCC(C(C(=O)NCCCN(C)C)C(CC(C)(P[B]I)C(C(=O)NCCCN(C)C)C(C)C(=O)O)C(=O)O)[Si](O)(O)O. The van der Waals surface area contributed by atoms with Crippen molar-refractivity contribution in [1.82, 2.24) is 20.4 Å². The number of nitrogens with one attached hydrogen (secondary N) is 2. The highest BCUT2D eigenvalue weighted by Gasteiger charge is 2.54. The van der Waals surface area contributed by atoms with Crippen LogP contribution in [0.25, 0.3) is 0 Å². The molecule has 0 aliphatic rings. The van der Waals surface area contributed by atoms with E-state index in [4.69, 9.17) is 0 Å². The molecule has 7 unspecified atom stereocenters. The minimum absolute atomic E-state index is 0.0893. The van der Waals surface area contributed by atoms with Gasteiger partial charge < -0.3 is 45.0 Å². The number of aliphatic carboxylic acids is 2. The molecule has 0 fully saturated rings. The molecule has 0 heterocycles. The fourth-order valence-corrected chi connectivity index (χ4v) is 9.99. The van der Waals surface area contributed by atoms with Crippen molar-refractivity contribution in [3.05, 3.63) is 0 Å². The third-order valence-corrected chi connectivity index (χ3v) is 11.5. The summed E-state index contributed by atoms with van der Waals surface area (Å²) in [6.07, 6.45) is 0.764. The second kappa shape index (κ2) is 19.5. The summed E-state index contributed by atoms with van der Waals surface area (Å²) in [5.74, 6) is -9.38. The summed E-state index contributed by atoms with van der Waals surface area (Å²) < 4.78 is 0. The van der Waals surface area contributed by atoms with Crippen molar-refractivity contribution in [2.24, 2.45) is 23.7 Å². The number of halogens is 1. The Bertz CT molecular complexity index is 887. The van der Waals surface area contributed by atoms with Crippen molar-refractivity contribution in [1.29, 1.82) is 0 Å². The van der Waals surface area contributed by atoms with Crippen molar-refractivity contribution in [2.45, 2.75) is 57.2 Å². The van der Waals surface area contributed by atoms with E-state index >= 15 is 0 Å². The summed E-state index contributed by atoms with van der Waals surface area (Å²) in [5, 5.41) is 24.6. The average molecular weight is 747 g/mol. The molecule has 0 aromatic rings. The normalized spacial score (nSPS) is 17.4. The number of hydrogen-bond donors (Lipinski definition) is 7. The van der Waals surface area contributed by atoms with Crippen LogP contribution in [-0.2, 0) is 19.2 Å². The number of amides is 2. The van der Waals surface area contributed by atoms with Gasteiger partial charge in [0.15, 0.2) is 0 Å². The molecule has 0 aromatic carbocycles. The topological polar surface area (TPSA) is 200 Å². The van der Waals surface area contributed by atoms with Crippen LogP contribution in [0.15, 0.2) is 0 Å². The van der Waals surface area contributed by atoms with Gasteiger partial charge >= 0.3 is 20.7 Å². The fourth-order valence-electron chi connectivity index (χ4n) is 5.29. The quantitative estimate of drug-likeness (QED) is 0.0347. The second-order valence-electron chi connectivity index (χ2n) is 11.5. The fraction of sp³-hybridized carbons (Fsp3) is 0.840. The van der Waals surface area contributed by atoms with Crippen LogP contribution in [0.5, 0.6) is 0 Å². The van der Waals surface area contributed by atoms with Crippen molar-refractivity contribution in [3.63, 3.8) is 0 Å². The maximum atomic E-state index is 13.5. The number of carbonyl (C=O) groups is 4. The summed E-state index contributed by atoms with van der Waals surface area (Å²) >= 11 is 1.97. The van der Waals surface area contributed by atoms with Crippen molar-refractivity contribution in [2.75, 3.05) is 54.4 Å². The first kappa shape index (κ1) is 41.1. The van der Waals surface area contributed by atoms with Gasteiger partial charge in [-0.15, -0.1) is 8.46 Å². The van der Waals surface area contributed by atoms with E-state index < -0.39 is 66.9 Å². The molecule has 13 nitrogen and oxygen atoms in total. The first-order valence-electron chi connectivity index (χ1n) is 14.0. The maximum Gasteiger partial charge on any atom is 0.496 e. The minimum atomic E-state index is -5.02.